The molecule has 4 nitrogen and oxygen atoms in total. The Hall–Kier alpha value is -2.08. The molecular weight excluding hydrogens is 306 g/mol. The summed E-state index contributed by atoms with van der Waals surface area (Å²) in [4.78, 5) is 11.2. The van der Waals surface area contributed by atoms with Gasteiger partial charge in [-0.3, -0.25) is 9.88 Å². The van der Waals surface area contributed by atoms with Gasteiger partial charge in [0.05, 0.1) is 18.0 Å². The minimum absolute atomic E-state index is 0.143. The molecule has 23 heavy (non-hydrogen) atoms. The maximum atomic E-state index is 9.31. The van der Waals surface area contributed by atoms with Crippen LogP contribution in [-0.2, 0) is 13.1 Å². The van der Waals surface area contributed by atoms with E-state index in [0.717, 1.165) is 29.5 Å². The average molecular weight is 325 g/mol. The molecule has 0 radical (unpaired) electrons. The summed E-state index contributed by atoms with van der Waals surface area (Å²) in [5.41, 5.74) is 3.15. The first kappa shape index (κ1) is 15.8. The highest BCUT2D eigenvalue weighted by molar-refractivity contribution is 7.13. The fraction of sp³-hybridized carbons (Fsp3) is 0.222. The van der Waals surface area contributed by atoms with Crippen molar-refractivity contribution < 1.29 is 5.11 Å². The second-order valence-corrected chi connectivity index (χ2v) is 6.14. The first-order valence-corrected chi connectivity index (χ1v) is 8.46. The van der Waals surface area contributed by atoms with Crippen LogP contribution in [0.5, 0.6) is 0 Å². The van der Waals surface area contributed by atoms with Gasteiger partial charge in [0.25, 0.3) is 0 Å². The number of aliphatic hydroxyl groups excluding tert-OH is 1. The molecule has 5 heteroatoms. The van der Waals surface area contributed by atoms with Gasteiger partial charge in [0.1, 0.15) is 5.01 Å². The van der Waals surface area contributed by atoms with Crippen molar-refractivity contribution in [2.24, 2.45) is 0 Å². The van der Waals surface area contributed by atoms with Gasteiger partial charge < -0.3 is 5.11 Å². The maximum absolute atomic E-state index is 9.31. The minimum atomic E-state index is 0.143. The highest BCUT2D eigenvalue weighted by atomic mass is 32.1. The third-order valence-corrected chi connectivity index (χ3v) is 4.40. The number of benzene rings is 1. The molecule has 0 saturated heterocycles. The van der Waals surface area contributed by atoms with Crippen LogP contribution in [0.15, 0.2) is 60.1 Å². The molecule has 0 atom stereocenters. The van der Waals surface area contributed by atoms with E-state index < -0.39 is 0 Å². The lowest BCUT2D eigenvalue weighted by Gasteiger charge is -2.20. The zero-order chi connectivity index (χ0) is 15.9. The summed E-state index contributed by atoms with van der Waals surface area (Å²) in [6.45, 7) is 2.30. The van der Waals surface area contributed by atoms with Crippen LogP contribution >= 0.6 is 11.3 Å². The smallest absolute Gasteiger partial charge is 0.142 e. The summed E-state index contributed by atoms with van der Waals surface area (Å²) in [5, 5.41) is 12.3. The van der Waals surface area contributed by atoms with Crippen molar-refractivity contribution in [3.63, 3.8) is 0 Å². The number of hydrogen-bond donors (Lipinski definition) is 1. The van der Waals surface area contributed by atoms with Crippen LogP contribution in [0.4, 0.5) is 0 Å². The second-order valence-electron chi connectivity index (χ2n) is 5.28. The summed E-state index contributed by atoms with van der Waals surface area (Å²) >= 11 is 1.61. The molecule has 0 aliphatic heterocycles. The molecule has 0 saturated carbocycles. The lowest BCUT2D eigenvalue weighted by atomic mass is 10.2. The zero-order valence-electron chi connectivity index (χ0n) is 12.8. The Bertz CT molecular complexity index is 715. The van der Waals surface area contributed by atoms with Crippen LogP contribution in [0.25, 0.3) is 10.7 Å². The van der Waals surface area contributed by atoms with E-state index >= 15 is 0 Å². The molecule has 3 aromatic rings. The van der Waals surface area contributed by atoms with E-state index in [2.05, 4.69) is 32.4 Å². The summed E-state index contributed by atoms with van der Waals surface area (Å²) in [5.74, 6) is 0. The zero-order valence-corrected chi connectivity index (χ0v) is 13.6. The van der Waals surface area contributed by atoms with Crippen molar-refractivity contribution >= 4 is 11.3 Å². The second kappa shape index (κ2) is 7.97. The Morgan fingerprint density at radius 2 is 1.83 bits per heavy atom. The monoisotopic (exact) mass is 325 g/mol. The molecule has 1 N–H and O–H groups in total. The molecule has 0 fully saturated rings. The van der Waals surface area contributed by atoms with Crippen LogP contribution in [0.3, 0.4) is 0 Å². The Balaban J connectivity index is 1.69. The van der Waals surface area contributed by atoms with Gasteiger partial charge in [-0.05, 0) is 17.7 Å². The van der Waals surface area contributed by atoms with Gasteiger partial charge in [0, 0.05) is 31.2 Å². The number of thiazole rings is 1. The molecule has 0 spiro atoms. The molecule has 1 aromatic carbocycles. The standard InChI is InChI=1S/C18H19N3OS/c22-11-10-21(12-15-6-2-1-3-7-15)13-16-14-23-18(20-16)17-8-4-5-9-19-17/h1-9,14,22H,10-13H2. The number of hydrogen-bond acceptors (Lipinski definition) is 5. The van der Waals surface area contributed by atoms with Gasteiger partial charge in [-0.15, -0.1) is 11.3 Å². The van der Waals surface area contributed by atoms with Crippen LogP contribution in [0.1, 0.15) is 11.3 Å². The largest absolute Gasteiger partial charge is 0.395 e. The van der Waals surface area contributed by atoms with Crippen LogP contribution in [0.2, 0.25) is 0 Å². The quantitative estimate of drug-likeness (QED) is 0.725. The van der Waals surface area contributed by atoms with Gasteiger partial charge in [-0.2, -0.15) is 0 Å². The number of rotatable bonds is 7. The van der Waals surface area contributed by atoms with Gasteiger partial charge in [-0.1, -0.05) is 36.4 Å². The molecule has 0 aliphatic carbocycles. The first-order chi connectivity index (χ1) is 11.3. The van der Waals surface area contributed by atoms with Crippen LogP contribution in [0, 0.1) is 0 Å². The summed E-state index contributed by atoms with van der Waals surface area (Å²) in [6, 6.07) is 16.1. The molecule has 2 heterocycles. The van der Waals surface area contributed by atoms with Crippen molar-refractivity contribution in [1.82, 2.24) is 14.9 Å². The first-order valence-electron chi connectivity index (χ1n) is 7.58. The van der Waals surface area contributed by atoms with Crippen molar-refractivity contribution in [1.29, 1.82) is 0 Å². The third kappa shape index (κ3) is 4.45. The Morgan fingerprint density at radius 1 is 1.00 bits per heavy atom. The molecule has 0 bridgehead atoms. The topological polar surface area (TPSA) is 49.2 Å². The molecule has 0 amide bonds. The normalized spacial score (nSPS) is 11.0. The molecule has 0 aliphatic rings. The summed E-state index contributed by atoms with van der Waals surface area (Å²) in [7, 11) is 0. The summed E-state index contributed by atoms with van der Waals surface area (Å²) in [6.07, 6.45) is 1.78. The molecule has 118 valence electrons. The van der Waals surface area contributed by atoms with Gasteiger partial charge in [0.2, 0.25) is 0 Å². The fourth-order valence-electron chi connectivity index (χ4n) is 2.41. The number of aliphatic hydroxyl groups is 1. The molecule has 0 unspecified atom stereocenters. The van der Waals surface area contributed by atoms with Gasteiger partial charge in [-0.25, -0.2) is 4.98 Å². The Labute approximate surface area is 140 Å². The highest BCUT2D eigenvalue weighted by Gasteiger charge is 2.11. The van der Waals surface area contributed by atoms with E-state index in [0.29, 0.717) is 6.54 Å². The number of nitrogens with zero attached hydrogens (tertiary/aromatic N) is 3. The SMILES string of the molecule is OCCN(Cc1ccccc1)Cc1csc(-c2ccccn2)n1. The lowest BCUT2D eigenvalue weighted by molar-refractivity contribution is 0.183. The van der Waals surface area contributed by atoms with Crippen molar-refractivity contribution in [2.75, 3.05) is 13.2 Å². The molecule has 2 aromatic heterocycles. The van der Waals surface area contributed by atoms with Crippen molar-refractivity contribution in [2.45, 2.75) is 13.1 Å². The average Bonchev–Trinajstić information content (AvgIpc) is 3.05. The fourth-order valence-corrected chi connectivity index (χ4v) is 3.20. The number of aromatic nitrogens is 2. The lowest BCUT2D eigenvalue weighted by Crippen LogP contribution is -2.26. The van der Waals surface area contributed by atoms with Crippen LogP contribution in [-0.4, -0.2) is 33.1 Å². The predicted molar refractivity (Wildman–Crippen MR) is 93.0 cm³/mol. The molecule has 3 rings (SSSR count). The predicted octanol–water partition coefficient (Wildman–Crippen LogP) is 3.20. The van der Waals surface area contributed by atoms with Crippen molar-refractivity contribution in [3.8, 4) is 10.7 Å². The van der Waals surface area contributed by atoms with E-state index in [1.165, 1.54) is 5.56 Å². The molecular formula is C18H19N3OS. The van der Waals surface area contributed by atoms with Crippen molar-refractivity contribution in [3.05, 3.63) is 71.4 Å². The van der Waals surface area contributed by atoms with Gasteiger partial charge in [0.15, 0.2) is 0 Å². The summed E-state index contributed by atoms with van der Waals surface area (Å²) < 4.78 is 0. The van der Waals surface area contributed by atoms with Gasteiger partial charge >= 0.3 is 0 Å². The Morgan fingerprint density at radius 3 is 2.57 bits per heavy atom. The minimum Gasteiger partial charge on any atom is -0.395 e. The van der Waals surface area contributed by atoms with E-state index in [1.54, 1.807) is 17.5 Å². The van der Waals surface area contributed by atoms with E-state index in [1.807, 2.05) is 36.4 Å². The Kier molecular flexibility index (Phi) is 5.47. The van der Waals surface area contributed by atoms with E-state index in [9.17, 15) is 5.11 Å². The van der Waals surface area contributed by atoms with E-state index in [-0.39, 0.29) is 6.61 Å². The highest BCUT2D eigenvalue weighted by Crippen LogP contribution is 2.22. The number of pyridine rings is 1. The van der Waals surface area contributed by atoms with Crippen LogP contribution < -0.4 is 0 Å². The third-order valence-electron chi connectivity index (χ3n) is 3.49. The maximum Gasteiger partial charge on any atom is 0.142 e. The van der Waals surface area contributed by atoms with E-state index in [4.69, 9.17) is 0 Å².